The van der Waals surface area contributed by atoms with Crippen LogP contribution < -0.4 is 25.4 Å². The van der Waals surface area contributed by atoms with E-state index in [0.29, 0.717) is 63.1 Å². The van der Waals surface area contributed by atoms with Gasteiger partial charge >= 0.3 is 0 Å². The Balaban J connectivity index is 1.17. The normalized spacial score (nSPS) is 30.4. The van der Waals surface area contributed by atoms with Gasteiger partial charge in [-0.2, -0.15) is 0 Å². The second kappa shape index (κ2) is 13.3. The first-order valence-electron chi connectivity index (χ1n) is 17.6. The molecule has 4 amide bonds. The second-order valence-corrected chi connectivity index (χ2v) is 16.1. The molecule has 5 aliphatic rings. The largest absolute Gasteiger partial charge is 0.494 e. The van der Waals surface area contributed by atoms with Crippen LogP contribution in [-0.2, 0) is 34.0 Å². The molecule has 0 radical (unpaired) electrons. The van der Waals surface area contributed by atoms with Gasteiger partial charge in [0.15, 0.2) is 0 Å². The molecule has 2 aromatic rings. The van der Waals surface area contributed by atoms with Gasteiger partial charge in [0.2, 0.25) is 27.7 Å². The molecule has 3 fully saturated rings. The Kier molecular flexibility index (Phi) is 9.08. The number of ether oxygens (including phenoxy) is 1. The number of nitrogens with one attached hydrogen (secondary N) is 4. The number of benzene rings is 2. The fourth-order valence-corrected chi connectivity index (χ4v) is 8.83. The molecular weight excluding hydrogens is 662 g/mol. The molecule has 2 aromatic carbocycles. The highest BCUT2D eigenvalue weighted by molar-refractivity contribution is 7.91. The number of sulfonamides is 1. The maximum atomic E-state index is 14.1. The highest BCUT2D eigenvalue weighted by Gasteiger charge is 2.62. The van der Waals surface area contributed by atoms with E-state index in [-0.39, 0.29) is 24.7 Å². The van der Waals surface area contributed by atoms with Crippen molar-refractivity contribution in [2.24, 2.45) is 22.9 Å². The molecule has 4 bridgehead atoms. The minimum absolute atomic E-state index is 0.119. The van der Waals surface area contributed by atoms with Crippen LogP contribution in [0, 0.1) is 17.8 Å². The standard InChI is InChI=1S/C36H43N5O8S/c1-3-21-19-36(21,35(45)41-50(46,47)24-11-12-24)39-34(44)30-18-23-17-29(30)33(43)38-20(2)32(42)37-14-6-7-15-48-22-10-13-26-25-8-4-5-9-27(25)31(40-49-23)28(26)16-22/h4-5,8-10,13,16,20-21,23-24,29-30H,3,6-7,11-12,14-15,17-19H2,1-2H3,(H,37,42)(H,38,43)(H,39,44)(H,41,45)/b40-31-/t20-,21+,23+,29-,30-,36-/m1/s1. The van der Waals surface area contributed by atoms with Crippen molar-refractivity contribution < 1.29 is 37.2 Å². The Labute approximate surface area is 291 Å². The van der Waals surface area contributed by atoms with E-state index in [2.05, 4.69) is 25.8 Å². The summed E-state index contributed by atoms with van der Waals surface area (Å²) in [5, 5.41) is 12.5. The van der Waals surface area contributed by atoms with Gasteiger partial charge < -0.3 is 25.5 Å². The monoisotopic (exact) mass is 705 g/mol. The molecule has 0 unspecified atom stereocenters. The van der Waals surface area contributed by atoms with Crippen LogP contribution in [0.2, 0.25) is 0 Å². The average Bonchev–Trinajstić information content (AvgIpc) is 4.01. The highest BCUT2D eigenvalue weighted by atomic mass is 32.2. The number of hydrogen-bond acceptors (Lipinski definition) is 9. The number of rotatable bonds is 6. The number of amides is 4. The van der Waals surface area contributed by atoms with Crippen molar-refractivity contribution in [1.82, 2.24) is 20.7 Å². The molecule has 1 heterocycles. The molecule has 0 spiro atoms. The van der Waals surface area contributed by atoms with Crippen molar-refractivity contribution in [1.29, 1.82) is 0 Å². The summed E-state index contributed by atoms with van der Waals surface area (Å²) >= 11 is 0. The zero-order valence-electron chi connectivity index (χ0n) is 28.2. The molecule has 6 atom stereocenters. The predicted molar refractivity (Wildman–Crippen MR) is 183 cm³/mol. The summed E-state index contributed by atoms with van der Waals surface area (Å²) in [5.74, 6) is -3.52. The number of carbonyl (C=O) groups excluding carboxylic acids is 4. The molecule has 50 heavy (non-hydrogen) atoms. The minimum Gasteiger partial charge on any atom is -0.494 e. The lowest BCUT2D eigenvalue weighted by atomic mass is 9.93. The van der Waals surface area contributed by atoms with Crippen molar-refractivity contribution in [2.45, 2.75) is 88.1 Å². The Morgan fingerprint density at radius 2 is 1.76 bits per heavy atom. The van der Waals surface area contributed by atoms with Crippen LogP contribution in [0.1, 0.15) is 76.3 Å². The van der Waals surface area contributed by atoms with Gasteiger partial charge in [-0.1, -0.05) is 42.8 Å². The van der Waals surface area contributed by atoms with Crippen molar-refractivity contribution >= 4 is 39.4 Å². The lowest BCUT2D eigenvalue weighted by Crippen LogP contribution is -2.55. The Hall–Kier alpha value is -4.46. The zero-order valence-corrected chi connectivity index (χ0v) is 29.0. The van der Waals surface area contributed by atoms with Crippen LogP contribution >= 0.6 is 0 Å². The Morgan fingerprint density at radius 3 is 2.50 bits per heavy atom. The van der Waals surface area contributed by atoms with Crippen LogP contribution in [0.3, 0.4) is 0 Å². The number of carbonyl (C=O) groups is 4. The van der Waals surface area contributed by atoms with Crippen LogP contribution in [-0.4, -0.2) is 73.8 Å². The number of nitrogens with zero attached hydrogens (tertiary/aromatic N) is 1. The summed E-state index contributed by atoms with van der Waals surface area (Å²) in [5.41, 5.74) is 2.96. The maximum absolute atomic E-state index is 14.1. The first kappa shape index (κ1) is 34.0. The van der Waals surface area contributed by atoms with Gasteiger partial charge in [0.05, 0.1) is 23.7 Å². The van der Waals surface area contributed by atoms with E-state index in [1.807, 2.05) is 49.4 Å². The predicted octanol–water partition coefficient (Wildman–Crippen LogP) is 2.52. The fourth-order valence-electron chi connectivity index (χ4n) is 7.47. The van der Waals surface area contributed by atoms with Crippen LogP contribution in [0.5, 0.6) is 5.75 Å². The molecule has 7 rings (SSSR count). The van der Waals surface area contributed by atoms with Crippen LogP contribution in [0.4, 0.5) is 0 Å². The van der Waals surface area contributed by atoms with Gasteiger partial charge in [0.25, 0.3) is 5.91 Å². The topological polar surface area (TPSA) is 181 Å². The Morgan fingerprint density at radius 1 is 1.00 bits per heavy atom. The first-order chi connectivity index (χ1) is 24.0. The van der Waals surface area contributed by atoms with Crippen molar-refractivity contribution in [2.75, 3.05) is 13.2 Å². The van der Waals surface area contributed by atoms with Crippen LogP contribution in [0.15, 0.2) is 47.6 Å². The first-order valence-corrected chi connectivity index (χ1v) is 19.1. The van der Waals surface area contributed by atoms with Gasteiger partial charge in [-0.05, 0) is 87.1 Å². The number of oxime groups is 1. The summed E-state index contributed by atoms with van der Waals surface area (Å²) < 4.78 is 33.5. The van der Waals surface area contributed by atoms with E-state index in [1.165, 1.54) is 0 Å². The van der Waals surface area contributed by atoms with E-state index >= 15 is 0 Å². The fraction of sp³-hybridized carbons (Fsp3) is 0.528. The van der Waals surface area contributed by atoms with Gasteiger partial charge in [-0.15, -0.1) is 0 Å². The third-order valence-corrected chi connectivity index (χ3v) is 12.5. The van der Waals surface area contributed by atoms with Crippen LogP contribution in [0.25, 0.3) is 11.1 Å². The molecule has 3 saturated carbocycles. The van der Waals surface area contributed by atoms with Crippen molar-refractivity contribution in [3.63, 3.8) is 0 Å². The summed E-state index contributed by atoms with van der Waals surface area (Å²) in [6, 6.07) is 12.9. The van der Waals surface area contributed by atoms with Gasteiger partial charge in [-0.25, -0.2) is 8.42 Å². The lowest BCUT2D eigenvalue weighted by molar-refractivity contribution is -0.137. The smallest absolute Gasteiger partial charge is 0.259 e. The molecular formula is C36H43N5O8S. The molecule has 266 valence electrons. The summed E-state index contributed by atoms with van der Waals surface area (Å²) in [6.07, 6.45) is 2.82. The molecule has 14 heteroatoms. The number of fused-ring (bicyclic) bond motifs is 6. The van der Waals surface area contributed by atoms with Gasteiger partial charge in [0.1, 0.15) is 29.1 Å². The van der Waals surface area contributed by atoms with Crippen molar-refractivity contribution in [3.8, 4) is 16.9 Å². The average molecular weight is 706 g/mol. The molecule has 4 N–H and O–H groups in total. The Bertz CT molecular complexity index is 1860. The summed E-state index contributed by atoms with van der Waals surface area (Å²) in [4.78, 5) is 60.2. The molecule has 0 saturated heterocycles. The minimum atomic E-state index is -3.83. The van der Waals surface area contributed by atoms with E-state index in [4.69, 9.17) is 9.57 Å². The molecule has 0 aromatic heterocycles. The maximum Gasteiger partial charge on any atom is 0.259 e. The third-order valence-electron chi connectivity index (χ3n) is 10.6. The molecule has 13 nitrogen and oxygen atoms in total. The van der Waals surface area contributed by atoms with E-state index < -0.39 is 62.5 Å². The molecule has 1 aliphatic heterocycles. The van der Waals surface area contributed by atoms with Gasteiger partial charge in [0, 0.05) is 17.7 Å². The quantitative estimate of drug-likeness (QED) is 0.302. The zero-order chi connectivity index (χ0) is 35.2. The summed E-state index contributed by atoms with van der Waals surface area (Å²) in [6.45, 7) is 4.32. The lowest BCUT2D eigenvalue weighted by Gasteiger charge is -2.24. The van der Waals surface area contributed by atoms with E-state index in [0.717, 1.165) is 22.3 Å². The summed E-state index contributed by atoms with van der Waals surface area (Å²) in [7, 11) is -3.83. The van der Waals surface area contributed by atoms with Gasteiger partial charge in [-0.3, -0.25) is 23.9 Å². The third kappa shape index (κ3) is 6.57. The van der Waals surface area contributed by atoms with Crippen molar-refractivity contribution in [3.05, 3.63) is 53.6 Å². The SMILES string of the molecule is CC[C@H]1C[C@]1(NC(=O)[C@@H]1C[C@@H]2C[C@H]1C(=O)N[C@H](C)C(=O)NCCCCOc1ccc3c(c1)/C(=N\O2)c1ccccc1-3)C(=O)NS(=O)(=O)C1CC1. The second-order valence-electron chi connectivity index (χ2n) is 14.1. The number of hydrogen-bond donors (Lipinski definition) is 4. The highest BCUT2D eigenvalue weighted by Crippen LogP contribution is 2.48. The van der Waals surface area contributed by atoms with E-state index in [1.54, 1.807) is 6.92 Å². The van der Waals surface area contributed by atoms with E-state index in [9.17, 15) is 27.6 Å². The molecule has 4 aliphatic carbocycles.